The fourth-order valence-electron chi connectivity index (χ4n) is 2.14. The highest BCUT2D eigenvalue weighted by Gasteiger charge is 2.22. The van der Waals surface area contributed by atoms with Gasteiger partial charge < -0.3 is 14.4 Å². The molecule has 0 radical (unpaired) electrons. The van der Waals surface area contributed by atoms with E-state index in [0.717, 1.165) is 12.8 Å². The van der Waals surface area contributed by atoms with E-state index in [1.54, 1.807) is 0 Å². The largest absolute Gasteiger partial charge is 0.490 e. The molecule has 0 saturated carbocycles. The number of nitro groups is 1. The predicted molar refractivity (Wildman–Crippen MR) is 87.1 cm³/mol. The molecule has 0 atom stereocenters. The van der Waals surface area contributed by atoms with Crippen LogP contribution in [0.5, 0.6) is 5.75 Å². The second-order valence-corrected chi connectivity index (χ2v) is 5.12. The van der Waals surface area contributed by atoms with Gasteiger partial charge in [0.15, 0.2) is 5.75 Å². The van der Waals surface area contributed by atoms with E-state index in [9.17, 15) is 19.7 Å². The number of unbranched alkanes of at least 4 members (excludes halogenated alkanes) is 1. The Hall–Kier alpha value is -2.64. The van der Waals surface area contributed by atoms with Gasteiger partial charge in [0, 0.05) is 24.7 Å². The van der Waals surface area contributed by atoms with Crippen LogP contribution in [-0.4, -0.2) is 49.0 Å². The Kier molecular flexibility index (Phi) is 7.67. The van der Waals surface area contributed by atoms with E-state index in [1.807, 2.05) is 6.92 Å². The second kappa shape index (κ2) is 9.49. The number of carbonyl (C=O) groups is 2. The minimum absolute atomic E-state index is 0.0736. The molecule has 1 amide bonds. The molecule has 1 rings (SSSR count). The van der Waals surface area contributed by atoms with Crippen molar-refractivity contribution in [2.45, 2.75) is 26.2 Å². The van der Waals surface area contributed by atoms with E-state index in [-0.39, 0.29) is 35.9 Å². The molecule has 0 fully saturated rings. The van der Waals surface area contributed by atoms with Crippen molar-refractivity contribution < 1.29 is 24.0 Å². The third-order valence-electron chi connectivity index (χ3n) is 3.50. The van der Waals surface area contributed by atoms with E-state index in [4.69, 9.17) is 4.74 Å². The normalized spacial score (nSPS) is 10.1. The molecule has 24 heavy (non-hydrogen) atoms. The van der Waals surface area contributed by atoms with Gasteiger partial charge in [0.2, 0.25) is 0 Å². The van der Waals surface area contributed by atoms with Gasteiger partial charge in [-0.1, -0.05) is 13.3 Å². The Labute approximate surface area is 140 Å². The van der Waals surface area contributed by atoms with Crippen LogP contribution < -0.4 is 4.74 Å². The van der Waals surface area contributed by atoms with Crippen molar-refractivity contribution in [3.63, 3.8) is 0 Å². The van der Waals surface area contributed by atoms with Crippen molar-refractivity contribution in [1.29, 1.82) is 0 Å². The SMILES string of the molecule is CCCCN(CCC(=O)OC)C(=O)c1ccc(OC)c([N+](=O)[O-])c1. The molecule has 0 unspecified atom stereocenters. The third-order valence-corrected chi connectivity index (χ3v) is 3.50. The number of methoxy groups -OCH3 is 2. The standard InChI is InChI=1S/C16H22N2O6/c1-4-5-9-17(10-8-15(19)24-3)16(20)12-6-7-14(23-2)13(11-12)18(21)22/h6-7,11H,4-5,8-10H2,1-3H3. The maximum Gasteiger partial charge on any atom is 0.311 e. The van der Waals surface area contributed by atoms with Crippen molar-refractivity contribution in [2.24, 2.45) is 0 Å². The first kappa shape index (κ1) is 19.4. The Morgan fingerprint density at radius 1 is 1.25 bits per heavy atom. The molecule has 0 heterocycles. The molecule has 8 heteroatoms. The van der Waals surface area contributed by atoms with Gasteiger partial charge >= 0.3 is 11.7 Å². The molecule has 0 aliphatic heterocycles. The van der Waals surface area contributed by atoms with Gasteiger partial charge in [-0.3, -0.25) is 19.7 Å². The molecule has 0 spiro atoms. The van der Waals surface area contributed by atoms with Gasteiger partial charge in [-0.2, -0.15) is 0 Å². The smallest absolute Gasteiger partial charge is 0.311 e. The average molecular weight is 338 g/mol. The Morgan fingerprint density at radius 3 is 2.50 bits per heavy atom. The number of carbonyl (C=O) groups excluding carboxylic acids is 2. The third kappa shape index (κ3) is 5.22. The van der Waals surface area contributed by atoms with Crippen LogP contribution >= 0.6 is 0 Å². The molecular formula is C16H22N2O6. The number of ether oxygens (including phenoxy) is 2. The first-order valence-electron chi connectivity index (χ1n) is 7.63. The number of hydrogen-bond donors (Lipinski definition) is 0. The van der Waals surface area contributed by atoms with Crippen LogP contribution in [0, 0.1) is 10.1 Å². The minimum Gasteiger partial charge on any atom is -0.490 e. The van der Waals surface area contributed by atoms with Crippen LogP contribution in [0.3, 0.4) is 0 Å². The van der Waals surface area contributed by atoms with Crippen LogP contribution in [0.2, 0.25) is 0 Å². The Morgan fingerprint density at radius 2 is 1.96 bits per heavy atom. The lowest BCUT2D eigenvalue weighted by molar-refractivity contribution is -0.385. The number of nitro benzene ring substituents is 1. The van der Waals surface area contributed by atoms with Gasteiger partial charge in [-0.25, -0.2) is 0 Å². The van der Waals surface area contributed by atoms with Crippen LogP contribution in [0.4, 0.5) is 5.69 Å². The fourth-order valence-corrected chi connectivity index (χ4v) is 2.14. The maximum absolute atomic E-state index is 12.6. The minimum atomic E-state index is -0.597. The highest BCUT2D eigenvalue weighted by atomic mass is 16.6. The van der Waals surface area contributed by atoms with Crippen LogP contribution in [-0.2, 0) is 9.53 Å². The summed E-state index contributed by atoms with van der Waals surface area (Å²) in [5.74, 6) is -0.686. The highest BCUT2D eigenvalue weighted by Crippen LogP contribution is 2.28. The summed E-state index contributed by atoms with van der Waals surface area (Å²) in [5, 5.41) is 11.1. The highest BCUT2D eigenvalue weighted by molar-refractivity contribution is 5.95. The van der Waals surface area contributed by atoms with Crippen molar-refractivity contribution in [3.8, 4) is 5.75 Å². The topological polar surface area (TPSA) is 99.0 Å². The summed E-state index contributed by atoms with van der Waals surface area (Å²) in [5.41, 5.74) is -0.0878. The van der Waals surface area contributed by atoms with Crippen molar-refractivity contribution in [3.05, 3.63) is 33.9 Å². The van der Waals surface area contributed by atoms with Gasteiger partial charge in [0.05, 0.1) is 25.6 Å². The van der Waals surface area contributed by atoms with Gasteiger partial charge in [-0.15, -0.1) is 0 Å². The predicted octanol–water partition coefficient (Wildman–Crippen LogP) is 2.41. The Balaban J connectivity index is 3.01. The Bertz CT molecular complexity index is 602. The molecule has 0 N–H and O–H groups in total. The van der Waals surface area contributed by atoms with Crippen molar-refractivity contribution >= 4 is 17.6 Å². The molecule has 132 valence electrons. The summed E-state index contributed by atoms with van der Waals surface area (Å²) in [7, 11) is 2.61. The maximum atomic E-state index is 12.6. The van der Waals surface area contributed by atoms with Gasteiger partial charge in [-0.05, 0) is 18.6 Å². The summed E-state index contributed by atoms with van der Waals surface area (Å²) in [4.78, 5) is 35.9. The number of nitrogens with zero attached hydrogens (tertiary/aromatic N) is 2. The number of esters is 1. The van der Waals surface area contributed by atoms with E-state index in [0.29, 0.717) is 6.54 Å². The summed E-state index contributed by atoms with van der Waals surface area (Å²) in [6.07, 6.45) is 1.72. The second-order valence-electron chi connectivity index (χ2n) is 5.12. The number of benzene rings is 1. The van der Waals surface area contributed by atoms with Crippen molar-refractivity contribution in [1.82, 2.24) is 4.90 Å². The lowest BCUT2D eigenvalue weighted by Gasteiger charge is -2.22. The summed E-state index contributed by atoms with van der Waals surface area (Å²) < 4.78 is 9.52. The lowest BCUT2D eigenvalue weighted by Crippen LogP contribution is -2.34. The monoisotopic (exact) mass is 338 g/mol. The van der Waals surface area contributed by atoms with Gasteiger partial charge in [0.1, 0.15) is 0 Å². The van der Waals surface area contributed by atoms with E-state index < -0.39 is 10.9 Å². The molecule has 0 aliphatic carbocycles. The van der Waals surface area contributed by atoms with Crippen molar-refractivity contribution in [2.75, 3.05) is 27.3 Å². The molecule has 0 aliphatic rings. The molecule has 1 aromatic carbocycles. The molecule has 0 saturated heterocycles. The zero-order valence-electron chi connectivity index (χ0n) is 14.1. The first-order chi connectivity index (χ1) is 11.4. The number of amides is 1. The number of hydrogen-bond acceptors (Lipinski definition) is 6. The summed E-state index contributed by atoms with van der Waals surface area (Å²) in [6, 6.07) is 4.06. The van der Waals surface area contributed by atoms with Gasteiger partial charge in [0.25, 0.3) is 5.91 Å². The van der Waals surface area contributed by atoms with E-state index in [2.05, 4.69) is 4.74 Å². The molecule has 8 nitrogen and oxygen atoms in total. The molecule has 0 aromatic heterocycles. The number of rotatable bonds is 9. The zero-order chi connectivity index (χ0) is 18.1. The summed E-state index contributed by atoms with van der Waals surface area (Å²) in [6.45, 7) is 2.65. The lowest BCUT2D eigenvalue weighted by atomic mass is 10.1. The van der Waals surface area contributed by atoms with E-state index >= 15 is 0 Å². The molecule has 1 aromatic rings. The van der Waals surface area contributed by atoms with Crippen LogP contribution in [0.25, 0.3) is 0 Å². The average Bonchev–Trinajstić information content (AvgIpc) is 2.60. The molecular weight excluding hydrogens is 316 g/mol. The van der Waals surface area contributed by atoms with Crippen LogP contribution in [0.1, 0.15) is 36.5 Å². The first-order valence-corrected chi connectivity index (χ1v) is 7.63. The fraction of sp³-hybridized carbons (Fsp3) is 0.500. The zero-order valence-corrected chi connectivity index (χ0v) is 14.1. The quantitative estimate of drug-likeness (QED) is 0.389. The summed E-state index contributed by atoms with van der Waals surface area (Å²) >= 11 is 0. The molecule has 0 bridgehead atoms. The van der Waals surface area contributed by atoms with Crippen LogP contribution in [0.15, 0.2) is 18.2 Å². The van der Waals surface area contributed by atoms with E-state index in [1.165, 1.54) is 37.3 Å².